The maximum absolute atomic E-state index is 13.6. The van der Waals surface area contributed by atoms with Crippen LogP contribution in [0.1, 0.15) is 41.4 Å². The fraction of sp³-hybridized carbons (Fsp3) is 0.125. The van der Waals surface area contributed by atoms with Crippen molar-refractivity contribution in [3.8, 4) is 0 Å². The van der Waals surface area contributed by atoms with Gasteiger partial charge in [0.1, 0.15) is 0 Å². The quantitative estimate of drug-likeness (QED) is 0.196. The molecule has 0 aliphatic carbocycles. The summed E-state index contributed by atoms with van der Waals surface area (Å²) in [6.07, 6.45) is 0. The van der Waals surface area contributed by atoms with Crippen molar-refractivity contribution in [1.29, 1.82) is 0 Å². The molecule has 0 unspecified atom stereocenters. The molecule has 8 nitrogen and oxygen atoms in total. The molecule has 4 amide bonds. The lowest BCUT2D eigenvalue weighted by Crippen LogP contribution is -2.31. The smallest absolute Gasteiger partial charge is 0.258 e. The summed E-state index contributed by atoms with van der Waals surface area (Å²) in [5, 5.41) is 0. The maximum atomic E-state index is 13.6. The number of hydrogen-bond donors (Lipinski definition) is 0. The summed E-state index contributed by atoms with van der Waals surface area (Å²) in [5.41, 5.74) is 3.73. The first-order valence-electron chi connectivity index (χ1n) is 12.9. The third kappa shape index (κ3) is 5.77. The van der Waals surface area contributed by atoms with E-state index in [-0.39, 0.29) is 23.6 Å². The number of amides is 4. The van der Waals surface area contributed by atoms with Crippen LogP contribution in [0.15, 0.2) is 84.9 Å². The van der Waals surface area contributed by atoms with E-state index in [0.717, 1.165) is 7.14 Å². The lowest BCUT2D eigenvalue weighted by Gasteiger charge is -2.24. The molecule has 10 heteroatoms. The third-order valence-corrected chi connectivity index (χ3v) is 8.46. The summed E-state index contributed by atoms with van der Waals surface area (Å²) >= 11 is 4.19. The first kappa shape index (κ1) is 29.7. The van der Waals surface area contributed by atoms with Gasteiger partial charge < -0.3 is 19.6 Å². The van der Waals surface area contributed by atoms with Crippen molar-refractivity contribution < 1.29 is 19.2 Å². The molecule has 4 aromatic rings. The molecule has 1 aliphatic rings. The minimum absolute atomic E-state index is 0.296. The van der Waals surface area contributed by atoms with Gasteiger partial charge in [-0.1, -0.05) is 12.1 Å². The number of benzene rings is 4. The van der Waals surface area contributed by atoms with E-state index in [9.17, 15) is 19.2 Å². The molecule has 0 saturated carbocycles. The van der Waals surface area contributed by atoms with Gasteiger partial charge in [-0.25, -0.2) is 0 Å². The molecular weight excluding hydrogens is 758 g/mol. The van der Waals surface area contributed by atoms with Crippen LogP contribution < -0.4 is 19.6 Å². The Kier molecular flexibility index (Phi) is 8.37. The van der Waals surface area contributed by atoms with Gasteiger partial charge >= 0.3 is 0 Å². The van der Waals surface area contributed by atoms with Gasteiger partial charge in [-0.3, -0.25) is 19.2 Å². The number of anilines is 4. The van der Waals surface area contributed by atoms with Crippen molar-refractivity contribution in [2.24, 2.45) is 0 Å². The second-order valence-corrected chi connectivity index (χ2v) is 12.4. The number of fused-ring (bicyclic) bond motifs is 8. The molecule has 212 valence electrons. The van der Waals surface area contributed by atoms with E-state index in [0.29, 0.717) is 45.0 Å². The Morgan fingerprint density at radius 1 is 0.405 bits per heavy atom. The highest BCUT2D eigenvalue weighted by Gasteiger charge is 2.23. The lowest BCUT2D eigenvalue weighted by atomic mass is 10.1. The van der Waals surface area contributed by atoms with Gasteiger partial charge in [0, 0.05) is 80.3 Å². The Morgan fingerprint density at radius 3 is 0.881 bits per heavy atom. The zero-order chi connectivity index (χ0) is 30.3. The van der Waals surface area contributed by atoms with Gasteiger partial charge in [-0.2, -0.15) is 0 Å². The zero-order valence-electron chi connectivity index (χ0n) is 23.3. The highest BCUT2D eigenvalue weighted by Crippen LogP contribution is 2.28. The average Bonchev–Trinajstić information content (AvgIpc) is 3.00. The molecule has 0 N–H and O–H groups in total. The molecule has 42 heavy (non-hydrogen) atoms. The van der Waals surface area contributed by atoms with Crippen LogP contribution in [0, 0.1) is 7.14 Å². The Morgan fingerprint density at radius 2 is 0.643 bits per heavy atom. The number of hydrogen-bond acceptors (Lipinski definition) is 4. The topological polar surface area (TPSA) is 81.2 Å². The predicted molar refractivity (Wildman–Crippen MR) is 182 cm³/mol. The Hall–Kier alpha value is -3.78. The first-order chi connectivity index (χ1) is 19.9. The molecule has 1 aliphatic heterocycles. The fourth-order valence-corrected chi connectivity index (χ4v) is 6.08. The Bertz CT molecular complexity index is 1530. The van der Waals surface area contributed by atoms with E-state index < -0.39 is 0 Å². The molecular formula is C32H26I2N4O4. The molecule has 0 spiro atoms. The van der Waals surface area contributed by atoms with Crippen LogP contribution in [0.25, 0.3) is 0 Å². The van der Waals surface area contributed by atoms with Crippen LogP contribution in [0.5, 0.6) is 0 Å². The first-order valence-corrected chi connectivity index (χ1v) is 15.0. The predicted octanol–water partition coefficient (Wildman–Crippen LogP) is 6.32. The molecule has 0 saturated heterocycles. The van der Waals surface area contributed by atoms with Crippen molar-refractivity contribution in [1.82, 2.24) is 0 Å². The van der Waals surface area contributed by atoms with Crippen LogP contribution >= 0.6 is 45.2 Å². The van der Waals surface area contributed by atoms with E-state index >= 15 is 0 Å². The largest absolute Gasteiger partial charge is 0.311 e. The number of carbonyl (C=O) groups excluding carboxylic acids is 4. The van der Waals surface area contributed by atoms with Crippen molar-refractivity contribution in [2.45, 2.75) is 0 Å². The fourth-order valence-electron chi connectivity index (χ4n) is 4.74. The number of rotatable bonds is 0. The van der Waals surface area contributed by atoms with Gasteiger partial charge in [0.15, 0.2) is 0 Å². The van der Waals surface area contributed by atoms with Gasteiger partial charge in [-0.15, -0.1) is 0 Å². The highest BCUT2D eigenvalue weighted by molar-refractivity contribution is 14.1. The van der Waals surface area contributed by atoms with Crippen molar-refractivity contribution in [3.63, 3.8) is 0 Å². The van der Waals surface area contributed by atoms with E-state index in [1.165, 1.54) is 19.6 Å². The molecule has 5 rings (SSSR count). The SMILES string of the molecule is CN1C(=O)c2cc(I)cc(c2)C(=O)N(C)c2cccc(c2)N(C)C(=O)c2cc(I)cc(c2)C(=O)N(C)c2cccc1c2. The van der Waals surface area contributed by atoms with E-state index in [2.05, 4.69) is 45.2 Å². The summed E-state index contributed by atoms with van der Waals surface area (Å²) in [7, 11) is 6.62. The number of halogens is 2. The van der Waals surface area contributed by atoms with Crippen LogP contribution in [-0.2, 0) is 0 Å². The summed E-state index contributed by atoms with van der Waals surface area (Å²) in [6.45, 7) is 0. The van der Waals surface area contributed by atoms with Crippen LogP contribution in [-0.4, -0.2) is 51.8 Å². The summed E-state index contributed by atoms with van der Waals surface area (Å²) < 4.78 is 1.47. The van der Waals surface area contributed by atoms with Gasteiger partial charge in [-0.05, 0) is 118 Å². The van der Waals surface area contributed by atoms with Gasteiger partial charge in [0.05, 0.1) is 0 Å². The monoisotopic (exact) mass is 784 g/mol. The number of nitrogens with zero attached hydrogens (tertiary/aromatic N) is 4. The molecule has 1 heterocycles. The van der Waals surface area contributed by atoms with Gasteiger partial charge in [0.25, 0.3) is 23.6 Å². The zero-order valence-corrected chi connectivity index (χ0v) is 27.6. The molecule has 0 fully saturated rings. The van der Waals surface area contributed by atoms with E-state index in [1.54, 1.807) is 113 Å². The Labute approximate surface area is 271 Å². The van der Waals surface area contributed by atoms with E-state index in [1.807, 2.05) is 0 Å². The van der Waals surface area contributed by atoms with Crippen molar-refractivity contribution >= 4 is 91.6 Å². The molecule has 0 radical (unpaired) electrons. The second-order valence-electron chi connectivity index (χ2n) is 9.95. The summed E-state index contributed by atoms with van der Waals surface area (Å²) in [5.74, 6) is -1.18. The normalized spacial score (nSPS) is 14.4. The second kappa shape index (κ2) is 11.8. The molecule has 8 bridgehead atoms. The minimum Gasteiger partial charge on any atom is -0.311 e. The van der Waals surface area contributed by atoms with Crippen LogP contribution in [0.4, 0.5) is 22.7 Å². The standard InChI is InChI=1S/C32H26I2N4O4/c1-35-25-7-5-8-26(17-25)36(2)31(41)21-12-22(16-24(34)15-21)32(42)38(4)28-10-6-9-27(18-28)37(3)30(40)20-11-19(29(35)39)13-23(33)14-20/h5-18H,1-4H3. The minimum atomic E-state index is -0.296. The van der Waals surface area contributed by atoms with E-state index in [4.69, 9.17) is 0 Å². The molecule has 4 aromatic carbocycles. The average molecular weight is 784 g/mol. The van der Waals surface area contributed by atoms with Crippen molar-refractivity contribution in [2.75, 3.05) is 47.8 Å². The summed E-state index contributed by atoms with van der Waals surface area (Å²) in [4.78, 5) is 60.5. The number of carbonyl (C=O) groups is 4. The lowest BCUT2D eigenvalue weighted by molar-refractivity contribution is 0.0979. The highest BCUT2D eigenvalue weighted by atomic mass is 127. The van der Waals surface area contributed by atoms with Crippen LogP contribution in [0.3, 0.4) is 0 Å². The molecule has 0 aromatic heterocycles. The Balaban J connectivity index is 1.68. The maximum Gasteiger partial charge on any atom is 0.258 e. The summed E-state index contributed by atoms with van der Waals surface area (Å²) in [6, 6.07) is 24.3. The van der Waals surface area contributed by atoms with Crippen LogP contribution in [0.2, 0.25) is 0 Å². The molecule has 0 atom stereocenters. The van der Waals surface area contributed by atoms with Crippen molar-refractivity contribution in [3.05, 3.63) is 114 Å². The third-order valence-electron chi connectivity index (χ3n) is 7.21. The van der Waals surface area contributed by atoms with Gasteiger partial charge in [0.2, 0.25) is 0 Å².